The predicted octanol–water partition coefficient (Wildman–Crippen LogP) is 4.02. The van der Waals surface area contributed by atoms with Crippen LogP contribution < -0.4 is 14.8 Å². The summed E-state index contributed by atoms with van der Waals surface area (Å²) in [6.07, 6.45) is 0. The van der Waals surface area contributed by atoms with Crippen molar-refractivity contribution < 1.29 is 19.1 Å². The molecule has 0 aliphatic carbocycles. The first kappa shape index (κ1) is 15.9. The molecule has 0 saturated carbocycles. The fourth-order valence-corrected chi connectivity index (χ4v) is 2.84. The van der Waals surface area contributed by atoms with Gasteiger partial charge in [0.1, 0.15) is 16.7 Å². The fraction of sp³-hybridized carbons (Fsp3) is 0.211. The zero-order chi connectivity index (χ0) is 17.3. The lowest BCUT2D eigenvalue weighted by Crippen LogP contribution is -2.04. The third-order valence-corrected chi connectivity index (χ3v) is 3.95. The van der Waals surface area contributed by atoms with E-state index in [4.69, 9.17) is 13.9 Å². The molecule has 0 aliphatic rings. The van der Waals surface area contributed by atoms with E-state index in [0.717, 1.165) is 22.1 Å². The highest BCUT2D eigenvalue weighted by atomic mass is 16.5. The maximum absolute atomic E-state index is 9.41. The summed E-state index contributed by atoms with van der Waals surface area (Å²) in [6, 6.07) is 11.2. The molecule has 0 spiro atoms. The molecule has 0 aliphatic heterocycles. The van der Waals surface area contributed by atoms with Gasteiger partial charge < -0.3 is 19.1 Å². The number of methoxy groups -OCH3 is 2. The Kier molecular flexibility index (Phi) is 4.16. The number of benzene rings is 2. The first-order valence-electron chi connectivity index (χ1n) is 7.53. The van der Waals surface area contributed by atoms with E-state index in [9.17, 15) is 5.21 Å². The topological polar surface area (TPSA) is 64.2 Å². The van der Waals surface area contributed by atoms with Gasteiger partial charge in [-0.2, -0.15) is 0 Å². The normalized spacial score (nSPS) is 11.8. The Morgan fingerprint density at radius 3 is 2.38 bits per heavy atom. The standard InChI is InChI=1S/C19H19NO4/c1-11-7-12(2)19-14(8-11)15(20-21)10-17(24-19)13-5-6-16(22-3)18(9-13)23-4/h5-10,21H,1-4H3/b20-15+. The van der Waals surface area contributed by atoms with Gasteiger partial charge in [0.15, 0.2) is 11.5 Å². The van der Waals surface area contributed by atoms with Crippen molar-refractivity contribution >= 4 is 11.0 Å². The van der Waals surface area contributed by atoms with Crippen molar-refractivity contribution in [1.29, 1.82) is 0 Å². The maximum Gasteiger partial charge on any atom is 0.161 e. The van der Waals surface area contributed by atoms with Gasteiger partial charge in [0.05, 0.1) is 14.2 Å². The molecule has 1 N–H and O–H groups in total. The highest BCUT2D eigenvalue weighted by molar-refractivity contribution is 5.82. The maximum atomic E-state index is 9.41. The molecule has 0 unspecified atom stereocenters. The smallest absolute Gasteiger partial charge is 0.161 e. The van der Waals surface area contributed by atoms with Gasteiger partial charge in [-0.25, -0.2) is 0 Å². The molecule has 3 aromatic rings. The van der Waals surface area contributed by atoms with E-state index in [1.807, 2.05) is 44.2 Å². The number of rotatable bonds is 3. The number of fused-ring (bicyclic) bond motifs is 1. The summed E-state index contributed by atoms with van der Waals surface area (Å²) in [6.45, 7) is 3.97. The monoisotopic (exact) mass is 325 g/mol. The van der Waals surface area contributed by atoms with E-state index in [-0.39, 0.29) is 0 Å². The Bertz CT molecular complexity index is 973. The Balaban J connectivity index is 2.28. The number of nitrogens with zero attached hydrogens (tertiary/aromatic N) is 1. The van der Waals surface area contributed by atoms with Crippen LogP contribution >= 0.6 is 0 Å². The van der Waals surface area contributed by atoms with E-state index in [1.165, 1.54) is 0 Å². The van der Waals surface area contributed by atoms with Crippen molar-refractivity contribution in [3.8, 4) is 22.8 Å². The van der Waals surface area contributed by atoms with Crippen molar-refractivity contribution in [2.75, 3.05) is 14.2 Å². The Morgan fingerprint density at radius 2 is 1.71 bits per heavy atom. The lowest BCUT2D eigenvalue weighted by molar-refractivity contribution is 0.302. The molecule has 2 aromatic carbocycles. The SMILES string of the molecule is COc1ccc(-c2c/c(=N\O)c3cc(C)cc(C)c3o2)cc1OC. The lowest BCUT2D eigenvalue weighted by atomic mass is 10.1. The molecule has 0 atom stereocenters. The molecule has 5 nitrogen and oxygen atoms in total. The summed E-state index contributed by atoms with van der Waals surface area (Å²) in [5.41, 5.74) is 3.57. The molecule has 0 fully saturated rings. The molecule has 124 valence electrons. The molecule has 24 heavy (non-hydrogen) atoms. The van der Waals surface area contributed by atoms with Crippen molar-refractivity contribution in [3.05, 3.63) is 52.9 Å². The molecule has 5 heteroatoms. The zero-order valence-corrected chi connectivity index (χ0v) is 14.1. The third-order valence-electron chi connectivity index (χ3n) is 3.95. The second kappa shape index (κ2) is 6.28. The molecule has 0 radical (unpaired) electrons. The van der Waals surface area contributed by atoms with Gasteiger partial charge in [0, 0.05) is 17.0 Å². The quantitative estimate of drug-likeness (QED) is 0.583. The van der Waals surface area contributed by atoms with Crippen LogP contribution in [0.4, 0.5) is 0 Å². The highest BCUT2D eigenvalue weighted by Crippen LogP contribution is 2.33. The van der Waals surface area contributed by atoms with E-state index >= 15 is 0 Å². The summed E-state index contributed by atoms with van der Waals surface area (Å²) >= 11 is 0. The second-order valence-corrected chi connectivity index (χ2v) is 5.62. The highest BCUT2D eigenvalue weighted by Gasteiger charge is 2.12. The zero-order valence-electron chi connectivity index (χ0n) is 14.1. The van der Waals surface area contributed by atoms with Crippen LogP contribution in [-0.4, -0.2) is 19.4 Å². The van der Waals surface area contributed by atoms with E-state index in [0.29, 0.717) is 28.2 Å². The van der Waals surface area contributed by atoms with E-state index in [2.05, 4.69) is 5.16 Å². The number of aryl methyl sites for hydroxylation is 2. The molecule has 0 amide bonds. The molecule has 3 rings (SSSR count). The first-order chi connectivity index (χ1) is 11.6. The van der Waals surface area contributed by atoms with Crippen LogP contribution in [0.5, 0.6) is 11.5 Å². The van der Waals surface area contributed by atoms with Crippen LogP contribution in [0.25, 0.3) is 22.3 Å². The van der Waals surface area contributed by atoms with Crippen molar-refractivity contribution in [3.63, 3.8) is 0 Å². The molecule has 1 aromatic heterocycles. The minimum Gasteiger partial charge on any atom is -0.493 e. The average molecular weight is 325 g/mol. The Morgan fingerprint density at radius 1 is 0.958 bits per heavy atom. The number of hydrogen-bond acceptors (Lipinski definition) is 5. The van der Waals surface area contributed by atoms with Gasteiger partial charge in [-0.15, -0.1) is 0 Å². The lowest BCUT2D eigenvalue weighted by Gasteiger charge is -2.11. The third kappa shape index (κ3) is 2.69. The number of ether oxygens (including phenoxy) is 2. The van der Waals surface area contributed by atoms with Gasteiger partial charge >= 0.3 is 0 Å². The van der Waals surface area contributed by atoms with Crippen molar-refractivity contribution in [1.82, 2.24) is 0 Å². The summed E-state index contributed by atoms with van der Waals surface area (Å²) < 4.78 is 16.7. The van der Waals surface area contributed by atoms with Gasteiger partial charge in [-0.3, -0.25) is 0 Å². The van der Waals surface area contributed by atoms with Crippen LogP contribution in [0, 0.1) is 13.8 Å². The van der Waals surface area contributed by atoms with Gasteiger partial charge in [-0.1, -0.05) is 11.2 Å². The molecule has 0 bridgehead atoms. The van der Waals surface area contributed by atoms with Crippen LogP contribution in [-0.2, 0) is 0 Å². The van der Waals surface area contributed by atoms with Crippen molar-refractivity contribution in [2.24, 2.45) is 5.16 Å². The predicted molar refractivity (Wildman–Crippen MR) is 91.6 cm³/mol. The molecule has 0 saturated heterocycles. The van der Waals surface area contributed by atoms with E-state index in [1.54, 1.807) is 20.3 Å². The summed E-state index contributed by atoms with van der Waals surface area (Å²) in [7, 11) is 3.17. The van der Waals surface area contributed by atoms with Gasteiger partial charge in [-0.05, 0) is 49.2 Å². The summed E-state index contributed by atoms with van der Waals surface area (Å²) in [5, 5.41) is 14.1. The van der Waals surface area contributed by atoms with Crippen LogP contribution in [0.2, 0.25) is 0 Å². The average Bonchev–Trinajstić information content (AvgIpc) is 2.60. The second-order valence-electron chi connectivity index (χ2n) is 5.62. The first-order valence-corrected chi connectivity index (χ1v) is 7.53. The van der Waals surface area contributed by atoms with E-state index < -0.39 is 0 Å². The molecular weight excluding hydrogens is 306 g/mol. The van der Waals surface area contributed by atoms with Gasteiger partial charge in [0.2, 0.25) is 0 Å². The largest absolute Gasteiger partial charge is 0.493 e. The van der Waals surface area contributed by atoms with Crippen molar-refractivity contribution in [2.45, 2.75) is 13.8 Å². The van der Waals surface area contributed by atoms with Gasteiger partial charge in [0.25, 0.3) is 0 Å². The minimum atomic E-state index is 0.466. The van der Waals surface area contributed by atoms with Crippen LogP contribution in [0.3, 0.4) is 0 Å². The summed E-state index contributed by atoms with van der Waals surface area (Å²) in [4.78, 5) is 0. The molecular formula is C19H19NO4. The van der Waals surface area contributed by atoms with Crippen LogP contribution in [0.1, 0.15) is 11.1 Å². The fourth-order valence-electron chi connectivity index (χ4n) is 2.84. The molecule has 1 heterocycles. The summed E-state index contributed by atoms with van der Waals surface area (Å²) in [5.74, 6) is 1.83. The Hall–Kier alpha value is -2.95. The van der Waals surface area contributed by atoms with Crippen LogP contribution in [0.15, 0.2) is 46.0 Å². The minimum absolute atomic E-state index is 0.466. The Labute approximate surface area is 139 Å². The number of hydrogen-bond donors (Lipinski definition) is 1.